The molecule has 1 aromatic rings. The molecule has 3 aliphatic rings. The number of hydrogen-bond donors (Lipinski definition) is 1. The lowest BCUT2D eigenvalue weighted by molar-refractivity contribution is -0.143. The number of benzene rings is 1. The van der Waals surface area contributed by atoms with Crippen LogP contribution in [0.2, 0.25) is 0 Å². The first-order chi connectivity index (χ1) is 15.0. The van der Waals surface area contributed by atoms with E-state index < -0.39 is 5.97 Å². The van der Waals surface area contributed by atoms with E-state index in [1.807, 2.05) is 42.5 Å². The first-order valence-corrected chi connectivity index (χ1v) is 11.0. The van der Waals surface area contributed by atoms with Crippen LogP contribution in [0.5, 0.6) is 5.75 Å². The number of methoxy groups -OCH3 is 1. The van der Waals surface area contributed by atoms with Gasteiger partial charge in [0, 0.05) is 12.2 Å². The second-order valence-electron chi connectivity index (χ2n) is 8.17. The lowest BCUT2D eigenvalue weighted by atomic mass is 9.95. The molecule has 2 fully saturated rings. The molecule has 2 heterocycles. The zero-order chi connectivity index (χ0) is 22.0. The van der Waals surface area contributed by atoms with Gasteiger partial charge in [-0.1, -0.05) is 24.3 Å². The van der Waals surface area contributed by atoms with E-state index in [1.54, 1.807) is 12.0 Å². The number of cyclic esters (lactones) is 1. The lowest BCUT2D eigenvalue weighted by Crippen LogP contribution is -2.42. The first-order valence-electron chi connectivity index (χ1n) is 10.6. The third kappa shape index (κ3) is 4.72. The highest BCUT2D eigenvalue weighted by molar-refractivity contribution is 6.22. The molecule has 0 radical (unpaired) electrons. The molecule has 2 saturated heterocycles. The predicted molar refractivity (Wildman–Crippen MR) is 116 cm³/mol. The highest BCUT2D eigenvalue weighted by Crippen LogP contribution is 2.39. The molecule has 0 bridgehead atoms. The Bertz CT molecular complexity index is 894. The molecule has 3 atom stereocenters. The maximum absolute atomic E-state index is 13.0. The van der Waals surface area contributed by atoms with Crippen molar-refractivity contribution in [2.24, 2.45) is 5.92 Å². The summed E-state index contributed by atoms with van der Waals surface area (Å²) in [4.78, 5) is 28.1. The monoisotopic (exact) mass is 446 g/mol. The Balaban J connectivity index is 1.59. The number of piperidine rings is 1. The predicted octanol–water partition coefficient (Wildman–Crippen LogP) is 3.80. The molecule has 1 unspecified atom stereocenters. The Hall–Kier alpha value is -2.51. The van der Waals surface area contributed by atoms with Crippen molar-refractivity contribution in [2.75, 3.05) is 26.7 Å². The number of carbonyl (C=O) groups is 2. The number of likely N-dealkylation sites (tertiary alicyclic amines) is 1. The molecule has 1 aliphatic carbocycles. The number of aliphatic carboxylic acids is 1. The van der Waals surface area contributed by atoms with Crippen LogP contribution in [0.1, 0.15) is 30.9 Å². The number of hydrogen-bond acceptors (Lipinski definition) is 5. The van der Waals surface area contributed by atoms with Gasteiger partial charge in [-0.25, -0.2) is 4.79 Å². The van der Waals surface area contributed by atoms with Crippen molar-refractivity contribution in [3.05, 3.63) is 53.8 Å². The van der Waals surface area contributed by atoms with Gasteiger partial charge < -0.3 is 14.6 Å². The van der Waals surface area contributed by atoms with Gasteiger partial charge in [-0.3, -0.25) is 14.6 Å². The Kier molecular flexibility index (Phi) is 6.53. The second kappa shape index (κ2) is 9.32. The highest BCUT2D eigenvalue weighted by atomic mass is 35.5. The van der Waals surface area contributed by atoms with Crippen LogP contribution >= 0.6 is 11.6 Å². The van der Waals surface area contributed by atoms with Crippen LogP contribution in [0.3, 0.4) is 0 Å². The number of carbonyl (C=O) groups excluding carboxylic acids is 1. The summed E-state index contributed by atoms with van der Waals surface area (Å²) in [6.07, 6.45) is 6.81. The van der Waals surface area contributed by atoms with Crippen LogP contribution in [-0.4, -0.2) is 65.2 Å². The molecule has 0 aromatic heterocycles. The van der Waals surface area contributed by atoms with Crippen molar-refractivity contribution in [3.63, 3.8) is 0 Å². The average molecular weight is 447 g/mol. The van der Waals surface area contributed by atoms with Gasteiger partial charge in [-0.2, -0.15) is 0 Å². The average Bonchev–Trinajstić information content (AvgIpc) is 3.10. The van der Waals surface area contributed by atoms with Crippen LogP contribution < -0.4 is 4.74 Å². The van der Waals surface area contributed by atoms with Crippen molar-refractivity contribution >= 4 is 23.7 Å². The Morgan fingerprint density at radius 1 is 1.32 bits per heavy atom. The summed E-state index contributed by atoms with van der Waals surface area (Å²) in [5.74, 6) is -0.318. The third-order valence-corrected chi connectivity index (χ3v) is 6.52. The van der Waals surface area contributed by atoms with Gasteiger partial charge in [0.25, 0.3) is 0 Å². The summed E-state index contributed by atoms with van der Waals surface area (Å²) in [7, 11) is 1.62. The van der Waals surface area contributed by atoms with Gasteiger partial charge in [0.15, 0.2) is 0 Å². The standard InChI is InChI=1S/C23H27ClN2O5/c1-30-19-4-2-3-16(13-19)21-20(14-25-11-9-15(10-12-25)22(27)28)31-23(29)26(21)18-7-5-17(24)6-8-18/h2-5,7-8,13,15,17,20-21H,6,9-12,14H2,1H3,(H,27,28)/t17?,20-,21-/m0/s1. The normalized spacial score (nSPS) is 27.2. The molecule has 0 spiro atoms. The fourth-order valence-corrected chi connectivity index (χ4v) is 4.66. The zero-order valence-corrected chi connectivity index (χ0v) is 18.2. The van der Waals surface area contributed by atoms with Crippen molar-refractivity contribution in [2.45, 2.75) is 36.8 Å². The maximum atomic E-state index is 13.0. The van der Waals surface area contributed by atoms with E-state index in [0.717, 1.165) is 11.3 Å². The Morgan fingerprint density at radius 3 is 2.74 bits per heavy atom. The van der Waals surface area contributed by atoms with Gasteiger partial charge >= 0.3 is 12.1 Å². The third-order valence-electron chi connectivity index (χ3n) is 6.20. The molecular formula is C23H27ClN2O5. The summed E-state index contributed by atoms with van der Waals surface area (Å²) in [6, 6.07) is 7.37. The number of ether oxygens (including phenoxy) is 2. The fraction of sp³-hybridized carbons (Fsp3) is 0.478. The molecule has 7 nitrogen and oxygen atoms in total. The SMILES string of the molecule is COc1cccc([C@H]2[C@H](CN3CCC(C(=O)O)CC3)OC(=O)N2C2=CCC(Cl)C=C2)c1. The Morgan fingerprint density at radius 2 is 2.10 bits per heavy atom. The van der Waals surface area contributed by atoms with E-state index in [9.17, 15) is 14.7 Å². The van der Waals surface area contributed by atoms with E-state index in [2.05, 4.69) is 4.90 Å². The van der Waals surface area contributed by atoms with Gasteiger partial charge in [0.2, 0.25) is 0 Å². The van der Waals surface area contributed by atoms with Gasteiger partial charge in [-0.05, 0) is 56.1 Å². The van der Waals surface area contributed by atoms with Crippen molar-refractivity contribution in [3.8, 4) is 5.75 Å². The summed E-state index contributed by atoms with van der Waals surface area (Å²) < 4.78 is 11.3. The van der Waals surface area contributed by atoms with Crippen LogP contribution in [0.25, 0.3) is 0 Å². The topological polar surface area (TPSA) is 79.3 Å². The molecule has 2 aliphatic heterocycles. The summed E-state index contributed by atoms with van der Waals surface area (Å²) in [5.41, 5.74) is 1.71. The minimum Gasteiger partial charge on any atom is -0.497 e. The number of carboxylic acid groups (broad SMARTS) is 1. The molecule has 1 aromatic carbocycles. The quantitative estimate of drug-likeness (QED) is 0.669. The molecule has 1 N–H and O–H groups in total. The summed E-state index contributed by atoms with van der Waals surface area (Å²) in [6.45, 7) is 1.89. The van der Waals surface area contributed by atoms with E-state index in [4.69, 9.17) is 21.1 Å². The summed E-state index contributed by atoms with van der Waals surface area (Å²) >= 11 is 6.18. The van der Waals surface area contributed by atoms with Gasteiger partial charge in [-0.15, -0.1) is 11.6 Å². The van der Waals surface area contributed by atoms with Crippen molar-refractivity contribution in [1.29, 1.82) is 0 Å². The van der Waals surface area contributed by atoms with E-state index in [1.165, 1.54) is 0 Å². The molecule has 0 saturated carbocycles. The zero-order valence-electron chi connectivity index (χ0n) is 17.4. The second-order valence-corrected chi connectivity index (χ2v) is 8.73. The molecule has 31 heavy (non-hydrogen) atoms. The van der Waals surface area contributed by atoms with E-state index in [0.29, 0.717) is 44.6 Å². The van der Waals surface area contributed by atoms with Crippen LogP contribution in [0, 0.1) is 5.92 Å². The minimum absolute atomic E-state index is 0.0797. The molecule has 1 amide bonds. The lowest BCUT2D eigenvalue weighted by Gasteiger charge is -2.33. The van der Waals surface area contributed by atoms with Gasteiger partial charge in [0.05, 0.1) is 18.4 Å². The van der Waals surface area contributed by atoms with Crippen molar-refractivity contribution in [1.82, 2.24) is 9.80 Å². The number of nitrogens with zero attached hydrogens (tertiary/aromatic N) is 2. The largest absolute Gasteiger partial charge is 0.497 e. The number of rotatable bonds is 6. The molecular weight excluding hydrogens is 420 g/mol. The smallest absolute Gasteiger partial charge is 0.415 e. The molecule has 166 valence electrons. The number of halogens is 1. The van der Waals surface area contributed by atoms with Crippen LogP contribution in [-0.2, 0) is 9.53 Å². The minimum atomic E-state index is -0.735. The highest BCUT2D eigenvalue weighted by Gasteiger charge is 2.45. The van der Waals surface area contributed by atoms with Crippen LogP contribution in [0.4, 0.5) is 4.79 Å². The summed E-state index contributed by atoms with van der Waals surface area (Å²) in [5, 5.41) is 9.17. The van der Waals surface area contributed by atoms with Crippen molar-refractivity contribution < 1.29 is 24.2 Å². The molecule has 8 heteroatoms. The fourth-order valence-electron chi connectivity index (χ4n) is 4.50. The van der Waals surface area contributed by atoms with Crippen LogP contribution in [0.15, 0.2) is 48.2 Å². The Labute approximate surface area is 186 Å². The van der Waals surface area contributed by atoms with E-state index in [-0.39, 0.29) is 29.5 Å². The van der Waals surface area contributed by atoms with Gasteiger partial charge in [0.1, 0.15) is 17.9 Å². The maximum Gasteiger partial charge on any atom is 0.415 e. The molecule has 4 rings (SSSR count). The number of carboxylic acids is 1. The van der Waals surface area contributed by atoms with E-state index >= 15 is 0 Å². The number of amides is 1. The first kappa shape index (κ1) is 21.7. The number of allylic oxidation sites excluding steroid dienone is 3. The number of alkyl halides is 1.